The Labute approximate surface area is 71.7 Å². The molecule has 0 bridgehead atoms. The fourth-order valence-corrected chi connectivity index (χ4v) is 1.11. The van der Waals surface area contributed by atoms with E-state index in [1.54, 1.807) is 0 Å². The summed E-state index contributed by atoms with van der Waals surface area (Å²) in [7, 11) is 1.36. The van der Waals surface area contributed by atoms with E-state index in [0.29, 0.717) is 4.47 Å². The van der Waals surface area contributed by atoms with Gasteiger partial charge in [-0.25, -0.2) is 4.39 Å². The number of halogens is 2. The minimum absolute atomic E-state index is 0.122. The van der Waals surface area contributed by atoms with E-state index in [-0.39, 0.29) is 5.75 Å². The standard InChI is InChI=1S/C7H6BrFO2/c1-11-6-3-4(8)2-5(9)7(6)10/h2-3,10H,1H3. The molecule has 0 heterocycles. The summed E-state index contributed by atoms with van der Waals surface area (Å²) in [6, 6.07) is 2.65. The fourth-order valence-electron chi connectivity index (χ4n) is 0.698. The van der Waals surface area contributed by atoms with E-state index in [9.17, 15) is 4.39 Å². The van der Waals surface area contributed by atoms with Gasteiger partial charge in [0.05, 0.1) is 7.11 Å². The Morgan fingerprint density at radius 3 is 2.73 bits per heavy atom. The van der Waals surface area contributed by atoms with Crippen LogP contribution in [0.25, 0.3) is 0 Å². The average molecular weight is 221 g/mol. The number of phenolic OH excluding ortho intramolecular Hbond substituents is 1. The van der Waals surface area contributed by atoms with Crippen molar-refractivity contribution in [2.45, 2.75) is 0 Å². The van der Waals surface area contributed by atoms with Gasteiger partial charge >= 0.3 is 0 Å². The van der Waals surface area contributed by atoms with Crippen molar-refractivity contribution in [3.63, 3.8) is 0 Å². The molecule has 0 saturated heterocycles. The highest BCUT2D eigenvalue weighted by atomic mass is 79.9. The summed E-state index contributed by atoms with van der Waals surface area (Å²) in [5.74, 6) is -1.04. The highest BCUT2D eigenvalue weighted by Gasteiger charge is 2.08. The van der Waals surface area contributed by atoms with Crippen LogP contribution in [0.4, 0.5) is 4.39 Å². The molecule has 0 atom stereocenters. The Hall–Kier alpha value is -0.770. The van der Waals surface area contributed by atoms with Crippen LogP contribution < -0.4 is 4.74 Å². The maximum Gasteiger partial charge on any atom is 0.194 e. The second-order valence-corrected chi connectivity index (χ2v) is 2.85. The topological polar surface area (TPSA) is 29.5 Å². The van der Waals surface area contributed by atoms with E-state index in [1.807, 2.05) is 0 Å². The molecule has 0 aromatic heterocycles. The van der Waals surface area contributed by atoms with Crippen molar-refractivity contribution in [3.05, 3.63) is 22.4 Å². The molecule has 0 fully saturated rings. The molecule has 60 valence electrons. The molecule has 1 rings (SSSR count). The quantitative estimate of drug-likeness (QED) is 0.788. The van der Waals surface area contributed by atoms with Gasteiger partial charge in [0.15, 0.2) is 17.3 Å². The van der Waals surface area contributed by atoms with Crippen molar-refractivity contribution in [3.8, 4) is 11.5 Å². The molecule has 1 N–H and O–H groups in total. The first kappa shape index (κ1) is 8.33. The van der Waals surface area contributed by atoms with Crippen molar-refractivity contribution >= 4 is 15.9 Å². The number of rotatable bonds is 1. The minimum Gasteiger partial charge on any atom is -0.502 e. The second-order valence-electron chi connectivity index (χ2n) is 1.94. The Morgan fingerprint density at radius 2 is 2.18 bits per heavy atom. The summed E-state index contributed by atoms with van der Waals surface area (Å²) < 4.78 is 17.9. The molecule has 0 spiro atoms. The fraction of sp³-hybridized carbons (Fsp3) is 0.143. The summed E-state index contributed by atoms with van der Waals surface area (Å²) in [6.45, 7) is 0. The van der Waals surface area contributed by atoms with E-state index in [4.69, 9.17) is 5.11 Å². The maximum atomic E-state index is 12.7. The predicted molar refractivity (Wildman–Crippen MR) is 42.3 cm³/mol. The molecule has 0 aliphatic carbocycles. The summed E-state index contributed by atoms with van der Waals surface area (Å²) in [4.78, 5) is 0. The van der Waals surface area contributed by atoms with Gasteiger partial charge in [0.1, 0.15) is 0 Å². The molecule has 0 aliphatic rings. The monoisotopic (exact) mass is 220 g/mol. The molecule has 0 aliphatic heterocycles. The normalized spacial score (nSPS) is 9.73. The van der Waals surface area contributed by atoms with Crippen molar-refractivity contribution in [1.29, 1.82) is 0 Å². The predicted octanol–water partition coefficient (Wildman–Crippen LogP) is 2.30. The largest absolute Gasteiger partial charge is 0.502 e. The molecule has 0 amide bonds. The van der Waals surface area contributed by atoms with E-state index in [2.05, 4.69) is 20.7 Å². The zero-order valence-electron chi connectivity index (χ0n) is 5.77. The van der Waals surface area contributed by atoms with Crippen LogP contribution in [-0.2, 0) is 0 Å². The van der Waals surface area contributed by atoms with Crippen molar-refractivity contribution in [2.24, 2.45) is 0 Å². The lowest BCUT2D eigenvalue weighted by molar-refractivity contribution is 0.356. The molecule has 1 aromatic rings. The number of aromatic hydroxyl groups is 1. The maximum absolute atomic E-state index is 12.7. The van der Waals surface area contributed by atoms with Gasteiger partial charge in [-0.3, -0.25) is 0 Å². The van der Waals surface area contributed by atoms with Crippen LogP contribution >= 0.6 is 15.9 Å². The Bertz CT molecular complexity index is 275. The van der Waals surface area contributed by atoms with Crippen LogP contribution in [0.3, 0.4) is 0 Å². The van der Waals surface area contributed by atoms with Crippen LogP contribution in [0, 0.1) is 5.82 Å². The summed E-state index contributed by atoms with van der Waals surface area (Å²) in [6.07, 6.45) is 0. The van der Waals surface area contributed by atoms with E-state index >= 15 is 0 Å². The zero-order valence-corrected chi connectivity index (χ0v) is 7.35. The molecule has 4 heteroatoms. The second kappa shape index (κ2) is 3.09. The van der Waals surface area contributed by atoms with Crippen LogP contribution in [0.1, 0.15) is 0 Å². The van der Waals surface area contributed by atoms with Gasteiger partial charge in [-0.05, 0) is 12.1 Å². The van der Waals surface area contributed by atoms with Gasteiger partial charge in [-0.1, -0.05) is 15.9 Å². The summed E-state index contributed by atoms with van der Waals surface area (Å²) in [5.41, 5.74) is 0. The zero-order chi connectivity index (χ0) is 8.43. The van der Waals surface area contributed by atoms with Crippen molar-refractivity contribution in [2.75, 3.05) is 7.11 Å². The van der Waals surface area contributed by atoms with Gasteiger partial charge in [-0.2, -0.15) is 0 Å². The first-order chi connectivity index (χ1) is 5.15. The highest BCUT2D eigenvalue weighted by molar-refractivity contribution is 9.10. The summed E-state index contributed by atoms with van der Waals surface area (Å²) >= 11 is 3.06. The lowest BCUT2D eigenvalue weighted by atomic mass is 10.3. The third-order valence-electron chi connectivity index (χ3n) is 1.21. The first-order valence-corrected chi connectivity index (χ1v) is 3.66. The van der Waals surface area contributed by atoms with Crippen LogP contribution in [0.15, 0.2) is 16.6 Å². The Morgan fingerprint density at radius 1 is 1.55 bits per heavy atom. The smallest absolute Gasteiger partial charge is 0.194 e. The number of ether oxygens (including phenoxy) is 1. The molecule has 2 nitrogen and oxygen atoms in total. The third kappa shape index (κ3) is 1.63. The average Bonchev–Trinajstić information content (AvgIpc) is 1.96. The van der Waals surface area contributed by atoms with Gasteiger partial charge in [0, 0.05) is 4.47 Å². The number of hydrogen-bond donors (Lipinski definition) is 1. The van der Waals surface area contributed by atoms with Gasteiger partial charge in [0.2, 0.25) is 0 Å². The molecular formula is C7H6BrFO2. The number of benzene rings is 1. The van der Waals surface area contributed by atoms with E-state index in [0.717, 1.165) is 6.07 Å². The van der Waals surface area contributed by atoms with Crippen molar-refractivity contribution in [1.82, 2.24) is 0 Å². The van der Waals surface area contributed by atoms with Crippen LogP contribution in [0.2, 0.25) is 0 Å². The lowest BCUT2D eigenvalue weighted by Crippen LogP contribution is -1.86. The van der Waals surface area contributed by atoms with E-state index < -0.39 is 11.6 Å². The number of methoxy groups -OCH3 is 1. The highest BCUT2D eigenvalue weighted by Crippen LogP contribution is 2.31. The molecule has 1 aromatic carbocycles. The van der Waals surface area contributed by atoms with Gasteiger partial charge in [0.25, 0.3) is 0 Å². The third-order valence-corrected chi connectivity index (χ3v) is 1.67. The minimum atomic E-state index is -0.698. The van der Waals surface area contributed by atoms with Crippen LogP contribution in [0.5, 0.6) is 11.5 Å². The lowest BCUT2D eigenvalue weighted by Gasteiger charge is -2.03. The first-order valence-electron chi connectivity index (χ1n) is 2.87. The summed E-state index contributed by atoms with van der Waals surface area (Å²) in [5, 5.41) is 9.00. The number of hydrogen-bond acceptors (Lipinski definition) is 2. The molecular weight excluding hydrogens is 215 g/mol. The van der Waals surface area contributed by atoms with Crippen LogP contribution in [-0.4, -0.2) is 12.2 Å². The van der Waals surface area contributed by atoms with Gasteiger partial charge in [-0.15, -0.1) is 0 Å². The number of phenols is 1. The molecule has 0 radical (unpaired) electrons. The SMILES string of the molecule is COc1cc(Br)cc(F)c1O. The molecule has 0 saturated carbocycles. The van der Waals surface area contributed by atoms with Crippen molar-refractivity contribution < 1.29 is 14.2 Å². The molecule has 11 heavy (non-hydrogen) atoms. The van der Waals surface area contributed by atoms with E-state index in [1.165, 1.54) is 13.2 Å². The van der Waals surface area contributed by atoms with Gasteiger partial charge < -0.3 is 9.84 Å². The Balaban J connectivity index is 3.24. The Kier molecular flexibility index (Phi) is 2.34. The molecule has 0 unspecified atom stereocenters.